The summed E-state index contributed by atoms with van der Waals surface area (Å²) in [5, 5.41) is 9.40. The molecular weight excluding hydrogens is 227 g/mol. The molecule has 0 bridgehead atoms. The average molecular weight is 242 g/mol. The first-order valence-electron chi connectivity index (χ1n) is 5.19. The van der Waals surface area contributed by atoms with Gasteiger partial charge in [0.1, 0.15) is 5.75 Å². The molecule has 0 N–H and O–H groups in total. The van der Waals surface area contributed by atoms with Gasteiger partial charge in [-0.15, -0.1) is 0 Å². The van der Waals surface area contributed by atoms with Crippen molar-refractivity contribution < 1.29 is 38.3 Å². The molecule has 18 heavy (non-hydrogen) atoms. The molecule has 0 amide bonds. The molecule has 0 aromatic heterocycles. The molecule has 1 rings (SSSR count). The first-order chi connectivity index (χ1) is 8.10. The number of carbonyl (C=O) groups is 2. The van der Waals surface area contributed by atoms with Crippen molar-refractivity contribution in [2.24, 2.45) is 0 Å². The number of aliphatic carboxylic acids is 1. The summed E-state index contributed by atoms with van der Waals surface area (Å²) in [6, 6.07) is 9.06. The number of para-hydroxylation sites is 1. The Morgan fingerprint density at radius 1 is 1.28 bits per heavy atom. The van der Waals surface area contributed by atoms with Crippen LogP contribution in [0.5, 0.6) is 5.75 Å². The van der Waals surface area contributed by atoms with Crippen molar-refractivity contribution in [2.45, 2.75) is 20.3 Å². The summed E-state index contributed by atoms with van der Waals surface area (Å²) in [4.78, 5) is 20.2. The quantitative estimate of drug-likeness (QED) is 0.275. The van der Waals surface area contributed by atoms with Crippen molar-refractivity contribution in [1.29, 1.82) is 0 Å². The normalized spacial score (nSPS) is 8.78. The summed E-state index contributed by atoms with van der Waals surface area (Å²) in [6.45, 7) is 3.39. The van der Waals surface area contributed by atoms with Gasteiger partial charge in [-0.2, -0.15) is 0 Å². The van der Waals surface area contributed by atoms with E-state index in [9.17, 15) is 14.7 Å². The number of benzene rings is 1. The molecule has 92 valence electrons. The Balaban J connectivity index is 0. The molecule has 1 aromatic carbocycles. The van der Waals surface area contributed by atoms with Gasteiger partial charge >= 0.3 is 24.8 Å². The summed E-state index contributed by atoms with van der Waals surface area (Å²) in [5.41, 5.74) is 0. The summed E-state index contributed by atoms with van der Waals surface area (Å²) in [6.07, 6.45) is 2.80. The van der Waals surface area contributed by atoms with Gasteiger partial charge in [-0.3, -0.25) is 4.79 Å². The minimum absolute atomic E-state index is 0. The van der Waals surface area contributed by atoms with Gasteiger partial charge < -0.3 is 14.6 Å². The smallest absolute Gasteiger partial charge is 0.545 e. The Labute approximate surface area is 119 Å². The third kappa shape index (κ3) is 11.0. The third-order valence-electron chi connectivity index (χ3n) is 1.57. The summed E-state index contributed by atoms with van der Waals surface area (Å²) in [5.74, 6) is -0.729. The molecule has 1 aromatic rings. The van der Waals surface area contributed by atoms with Crippen LogP contribution in [0.1, 0.15) is 20.3 Å². The number of hydrogen-bond donors (Lipinski definition) is 0. The van der Waals surface area contributed by atoms with Gasteiger partial charge in [0.2, 0.25) is 0 Å². The molecule has 0 aliphatic rings. The van der Waals surface area contributed by atoms with E-state index in [0.717, 1.165) is 6.08 Å². The number of carboxylic acids is 1. The van der Waals surface area contributed by atoms with Crippen molar-refractivity contribution in [2.75, 3.05) is 0 Å². The van der Waals surface area contributed by atoms with Gasteiger partial charge in [0.05, 0.1) is 5.97 Å². The van der Waals surface area contributed by atoms with E-state index in [2.05, 4.69) is 0 Å². The average Bonchev–Trinajstić information content (AvgIpc) is 2.31. The van der Waals surface area contributed by atoms with Gasteiger partial charge in [-0.05, 0) is 25.1 Å². The number of hydrogen-bond acceptors (Lipinski definition) is 4. The Hall–Kier alpha value is -1.50. The van der Waals surface area contributed by atoms with Crippen LogP contribution in [0.2, 0.25) is 0 Å². The number of rotatable bonds is 3. The van der Waals surface area contributed by atoms with E-state index >= 15 is 0 Å². The van der Waals surface area contributed by atoms with Crippen LogP contribution in [0.4, 0.5) is 0 Å². The largest absolute Gasteiger partial charge is 1.00 e. The molecule has 0 spiro atoms. The maximum absolute atomic E-state index is 10.8. The molecule has 0 aliphatic carbocycles. The molecule has 5 heteroatoms. The zero-order valence-corrected chi connectivity index (χ0v) is 10.9. The number of esters is 1. The SMILES string of the molecule is CC=CC(=O)[O-].CCC(=O)Oc1ccccc1.[Li+]. The molecule has 0 heterocycles. The van der Waals surface area contributed by atoms with Gasteiger partial charge in [0, 0.05) is 6.42 Å². The van der Waals surface area contributed by atoms with E-state index in [1.54, 1.807) is 26.0 Å². The fourth-order valence-corrected chi connectivity index (χ4v) is 0.828. The molecule has 0 saturated carbocycles. The number of ether oxygens (including phenoxy) is 1. The number of carbonyl (C=O) groups excluding carboxylic acids is 2. The van der Waals surface area contributed by atoms with E-state index in [1.807, 2.05) is 18.2 Å². The van der Waals surface area contributed by atoms with Crippen LogP contribution in [0, 0.1) is 0 Å². The minimum atomic E-state index is -1.14. The van der Waals surface area contributed by atoms with E-state index in [-0.39, 0.29) is 24.8 Å². The topological polar surface area (TPSA) is 66.4 Å². The predicted molar refractivity (Wildman–Crippen MR) is 62.2 cm³/mol. The first-order valence-corrected chi connectivity index (χ1v) is 5.19. The van der Waals surface area contributed by atoms with Crippen LogP contribution < -0.4 is 28.7 Å². The second kappa shape index (κ2) is 12.0. The van der Waals surface area contributed by atoms with Gasteiger partial charge in [-0.1, -0.05) is 31.2 Å². The predicted octanol–water partition coefficient (Wildman–Crippen LogP) is -1.68. The fourth-order valence-electron chi connectivity index (χ4n) is 0.828. The third-order valence-corrected chi connectivity index (χ3v) is 1.57. The Kier molecular flexibility index (Phi) is 12.5. The number of carboxylic acid groups (broad SMARTS) is 1. The zero-order chi connectivity index (χ0) is 13.1. The van der Waals surface area contributed by atoms with Crippen molar-refractivity contribution in [3.8, 4) is 5.75 Å². The molecule has 0 radical (unpaired) electrons. The maximum atomic E-state index is 10.8. The Bertz CT molecular complexity index is 374. The zero-order valence-electron chi connectivity index (χ0n) is 10.9. The maximum Gasteiger partial charge on any atom is 1.00 e. The fraction of sp³-hybridized carbons (Fsp3) is 0.231. The monoisotopic (exact) mass is 242 g/mol. The van der Waals surface area contributed by atoms with Gasteiger partial charge in [0.15, 0.2) is 0 Å². The molecule has 0 atom stereocenters. The summed E-state index contributed by atoms with van der Waals surface area (Å²) >= 11 is 0. The molecular formula is C13H15LiO4. The Morgan fingerprint density at radius 2 is 1.83 bits per heavy atom. The van der Waals surface area contributed by atoms with E-state index in [0.29, 0.717) is 12.2 Å². The second-order valence-electron chi connectivity index (χ2n) is 2.96. The standard InChI is InChI=1S/C9H10O2.C4H6O2.Li/c1-2-9(10)11-8-6-4-3-5-7-8;1-2-3-4(5)6;/h3-7H,2H2,1H3;2-3H,1H3,(H,5,6);/q;;+1/p-1. The molecule has 0 aliphatic heterocycles. The van der Waals surface area contributed by atoms with E-state index < -0.39 is 5.97 Å². The van der Waals surface area contributed by atoms with Crippen molar-refractivity contribution in [1.82, 2.24) is 0 Å². The van der Waals surface area contributed by atoms with Crippen molar-refractivity contribution in [3.05, 3.63) is 42.5 Å². The van der Waals surface area contributed by atoms with Crippen LogP contribution in [0.15, 0.2) is 42.5 Å². The van der Waals surface area contributed by atoms with Gasteiger partial charge in [-0.25, -0.2) is 0 Å². The van der Waals surface area contributed by atoms with Crippen molar-refractivity contribution in [3.63, 3.8) is 0 Å². The second-order valence-corrected chi connectivity index (χ2v) is 2.96. The van der Waals surface area contributed by atoms with Crippen LogP contribution in [-0.2, 0) is 9.59 Å². The van der Waals surface area contributed by atoms with E-state index in [4.69, 9.17) is 4.74 Å². The minimum Gasteiger partial charge on any atom is -0.545 e. The Morgan fingerprint density at radius 3 is 2.17 bits per heavy atom. The summed E-state index contributed by atoms with van der Waals surface area (Å²) < 4.78 is 4.92. The number of allylic oxidation sites excluding steroid dienone is 1. The summed E-state index contributed by atoms with van der Waals surface area (Å²) in [7, 11) is 0. The van der Waals surface area contributed by atoms with Crippen LogP contribution in [0.3, 0.4) is 0 Å². The molecule has 0 fully saturated rings. The van der Waals surface area contributed by atoms with E-state index in [1.165, 1.54) is 6.08 Å². The molecule has 0 saturated heterocycles. The van der Waals surface area contributed by atoms with Crippen LogP contribution in [-0.4, -0.2) is 11.9 Å². The van der Waals surface area contributed by atoms with Crippen LogP contribution in [0.25, 0.3) is 0 Å². The first kappa shape index (κ1) is 18.9. The molecule has 4 nitrogen and oxygen atoms in total. The van der Waals surface area contributed by atoms with Crippen molar-refractivity contribution >= 4 is 11.9 Å². The van der Waals surface area contributed by atoms with Crippen LogP contribution >= 0.6 is 0 Å². The molecule has 0 unspecified atom stereocenters. The van der Waals surface area contributed by atoms with Gasteiger partial charge in [0.25, 0.3) is 0 Å².